The molecule has 2 atom stereocenters. The van der Waals surface area contributed by atoms with Gasteiger partial charge in [-0.05, 0) is 13.3 Å². The Kier molecular flexibility index (Phi) is 4.31. The van der Waals surface area contributed by atoms with Crippen LogP contribution in [0.25, 0.3) is 0 Å². The van der Waals surface area contributed by atoms with Crippen molar-refractivity contribution in [1.29, 1.82) is 0 Å². The van der Waals surface area contributed by atoms with Gasteiger partial charge < -0.3 is 16.2 Å². The molecule has 0 spiro atoms. The highest BCUT2D eigenvalue weighted by Gasteiger charge is 2.18. The summed E-state index contributed by atoms with van der Waals surface area (Å²) in [6, 6.07) is -0.520. The molecule has 1 aliphatic rings. The normalized spacial score (nSPS) is 26.0. The van der Waals surface area contributed by atoms with Gasteiger partial charge in [0.15, 0.2) is 0 Å². The van der Waals surface area contributed by atoms with Gasteiger partial charge in [-0.1, -0.05) is 0 Å². The van der Waals surface area contributed by atoms with Crippen molar-refractivity contribution < 1.29 is 9.53 Å². The van der Waals surface area contributed by atoms with Crippen molar-refractivity contribution >= 4 is 5.91 Å². The number of primary amides is 1. The molecule has 0 bridgehead atoms. The lowest BCUT2D eigenvalue weighted by atomic mass is 10.2. The second-order valence-electron chi connectivity index (χ2n) is 3.78. The third-order valence-corrected chi connectivity index (χ3v) is 2.45. The van der Waals surface area contributed by atoms with Gasteiger partial charge in [0.25, 0.3) is 0 Å². The van der Waals surface area contributed by atoms with Gasteiger partial charge in [-0.2, -0.15) is 0 Å². The monoisotopic (exact) mass is 201 g/mol. The van der Waals surface area contributed by atoms with Gasteiger partial charge in [0.05, 0.1) is 18.8 Å². The van der Waals surface area contributed by atoms with Crippen LogP contribution in [-0.4, -0.2) is 49.2 Å². The second kappa shape index (κ2) is 5.29. The van der Waals surface area contributed by atoms with Gasteiger partial charge in [0.2, 0.25) is 5.91 Å². The molecule has 14 heavy (non-hydrogen) atoms. The van der Waals surface area contributed by atoms with Crippen molar-refractivity contribution in [3.63, 3.8) is 0 Å². The molecule has 1 saturated heterocycles. The third kappa shape index (κ3) is 3.61. The topological polar surface area (TPSA) is 81.6 Å². The first-order valence-corrected chi connectivity index (χ1v) is 4.98. The Labute approximate surface area is 84.4 Å². The molecule has 5 heteroatoms. The Morgan fingerprint density at radius 1 is 1.71 bits per heavy atom. The summed E-state index contributed by atoms with van der Waals surface area (Å²) in [5.41, 5.74) is 10.6. The summed E-state index contributed by atoms with van der Waals surface area (Å²) in [7, 11) is 0. The summed E-state index contributed by atoms with van der Waals surface area (Å²) in [4.78, 5) is 12.9. The molecule has 0 aromatic rings. The molecule has 82 valence electrons. The second-order valence-corrected chi connectivity index (χ2v) is 3.78. The lowest BCUT2D eigenvalue weighted by Crippen LogP contribution is -2.44. The van der Waals surface area contributed by atoms with Crippen LogP contribution in [0.4, 0.5) is 0 Å². The van der Waals surface area contributed by atoms with Gasteiger partial charge in [0.1, 0.15) is 0 Å². The molecule has 0 radical (unpaired) electrons. The van der Waals surface area contributed by atoms with E-state index >= 15 is 0 Å². The van der Waals surface area contributed by atoms with Crippen LogP contribution in [0.1, 0.15) is 13.3 Å². The van der Waals surface area contributed by atoms with E-state index in [0.717, 1.165) is 26.2 Å². The minimum absolute atomic E-state index is 0.272. The lowest BCUT2D eigenvalue weighted by Gasteiger charge is -2.31. The predicted molar refractivity (Wildman–Crippen MR) is 53.6 cm³/mol. The Hall–Kier alpha value is -0.650. The molecule has 0 aromatic heterocycles. The summed E-state index contributed by atoms with van der Waals surface area (Å²) in [5, 5.41) is 0. The summed E-state index contributed by atoms with van der Waals surface area (Å²) < 4.78 is 5.40. The predicted octanol–water partition coefficient (Wildman–Crippen LogP) is -1.09. The van der Waals surface area contributed by atoms with E-state index in [1.807, 2.05) is 6.92 Å². The fourth-order valence-corrected chi connectivity index (χ4v) is 1.56. The Morgan fingerprint density at radius 3 is 3.00 bits per heavy atom. The SMILES string of the molecule is CC1CN(CCC(N)C(N)=O)CCO1. The molecule has 1 rings (SSSR count). The number of nitrogens with zero attached hydrogens (tertiary/aromatic N) is 1. The fourth-order valence-electron chi connectivity index (χ4n) is 1.56. The molecule has 5 nitrogen and oxygen atoms in total. The molecule has 0 aliphatic carbocycles. The van der Waals surface area contributed by atoms with Crippen molar-refractivity contribution in [2.45, 2.75) is 25.5 Å². The van der Waals surface area contributed by atoms with Crippen LogP contribution < -0.4 is 11.5 Å². The number of ether oxygens (including phenoxy) is 1. The quantitative estimate of drug-likeness (QED) is 0.605. The maximum absolute atomic E-state index is 10.7. The maximum atomic E-state index is 10.7. The Balaban J connectivity index is 2.20. The van der Waals surface area contributed by atoms with Crippen LogP contribution in [-0.2, 0) is 9.53 Å². The summed E-state index contributed by atoms with van der Waals surface area (Å²) in [5.74, 6) is -0.425. The third-order valence-electron chi connectivity index (χ3n) is 2.45. The standard InChI is InChI=1S/C9H19N3O2/c1-7-6-12(4-5-14-7)3-2-8(10)9(11)13/h7-8H,2-6,10H2,1H3,(H2,11,13). The number of amides is 1. The number of nitrogens with two attached hydrogens (primary N) is 2. The first-order valence-electron chi connectivity index (χ1n) is 4.98. The van der Waals surface area contributed by atoms with Crippen LogP contribution >= 0.6 is 0 Å². The molecule has 1 heterocycles. The minimum Gasteiger partial charge on any atom is -0.376 e. The fraction of sp³-hybridized carbons (Fsp3) is 0.889. The van der Waals surface area contributed by atoms with E-state index in [1.165, 1.54) is 0 Å². The van der Waals surface area contributed by atoms with Gasteiger partial charge in [-0.15, -0.1) is 0 Å². The average Bonchev–Trinajstić information content (AvgIpc) is 2.14. The number of hydrogen-bond acceptors (Lipinski definition) is 4. The molecule has 1 aliphatic heterocycles. The van der Waals surface area contributed by atoms with E-state index in [1.54, 1.807) is 0 Å². The first-order chi connectivity index (χ1) is 6.59. The number of hydrogen-bond donors (Lipinski definition) is 2. The number of carbonyl (C=O) groups is 1. The van der Waals surface area contributed by atoms with Crippen LogP contribution in [0.3, 0.4) is 0 Å². The average molecular weight is 201 g/mol. The maximum Gasteiger partial charge on any atom is 0.234 e. The van der Waals surface area contributed by atoms with Crippen molar-refractivity contribution in [2.24, 2.45) is 11.5 Å². The van der Waals surface area contributed by atoms with E-state index in [-0.39, 0.29) is 6.10 Å². The largest absolute Gasteiger partial charge is 0.376 e. The van der Waals surface area contributed by atoms with Gasteiger partial charge in [-0.25, -0.2) is 0 Å². The van der Waals surface area contributed by atoms with Crippen LogP contribution in [0, 0.1) is 0 Å². The zero-order chi connectivity index (χ0) is 10.6. The minimum atomic E-state index is -0.520. The van der Waals surface area contributed by atoms with Crippen molar-refractivity contribution in [3.05, 3.63) is 0 Å². The molecule has 1 amide bonds. The zero-order valence-electron chi connectivity index (χ0n) is 8.61. The highest BCUT2D eigenvalue weighted by atomic mass is 16.5. The van der Waals surface area contributed by atoms with Crippen molar-refractivity contribution in [1.82, 2.24) is 4.90 Å². The lowest BCUT2D eigenvalue weighted by molar-refractivity contribution is -0.119. The molecule has 0 aromatic carbocycles. The number of morpholine rings is 1. The van der Waals surface area contributed by atoms with Crippen LogP contribution in [0.15, 0.2) is 0 Å². The van der Waals surface area contributed by atoms with E-state index < -0.39 is 11.9 Å². The van der Waals surface area contributed by atoms with Crippen LogP contribution in [0.5, 0.6) is 0 Å². The van der Waals surface area contributed by atoms with Gasteiger partial charge in [0, 0.05) is 19.6 Å². The van der Waals surface area contributed by atoms with Crippen LogP contribution in [0.2, 0.25) is 0 Å². The molecular weight excluding hydrogens is 182 g/mol. The smallest absolute Gasteiger partial charge is 0.234 e. The highest BCUT2D eigenvalue weighted by molar-refractivity contribution is 5.79. The van der Waals surface area contributed by atoms with E-state index in [4.69, 9.17) is 16.2 Å². The van der Waals surface area contributed by atoms with Crippen molar-refractivity contribution in [2.75, 3.05) is 26.2 Å². The number of carbonyl (C=O) groups excluding carboxylic acids is 1. The Bertz CT molecular complexity index is 198. The number of rotatable bonds is 4. The van der Waals surface area contributed by atoms with E-state index in [2.05, 4.69) is 4.90 Å². The molecule has 2 unspecified atom stereocenters. The molecular formula is C9H19N3O2. The highest BCUT2D eigenvalue weighted by Crippen LogP contribution is 2.05. The summed E-state index contributed by atoms with van der Waals surface area (Å²) in [6.07, 6.45) is 0.899. The van der Waals surface area contributed by atoms with Gasteiger partial charge >= 0.3 is 0 Å². The van der Waals surface area contributed by atoms with E-state index in [0.29, 0.717) is 6.42 Å². The molecule has 4 N–H and O–H groups in total. The zero-order valence-corrected chi connectivity index (χ0v) is 8.61. The molecule has 1 fully saturated rings. The van der Waals surface area contributed by atoms with E-state index in [9.17, 15) is 4.79 Å². The van der Waals surface area contributed by atoms with Gasteiger partial charge in [-0.3, -0.25) is 9.69 Å². The Morgan fingerprint density at radius 2 is 2.43 bits per heavy atom. The van der Waals surface area contributed by atoms with Crippen molar-refractivity contribution in [3.8, 4) is 0 Å². The summed E-state index contributed by atoms with van der Waals surface area (Å²) >= 11 is 0. The summed E-state index contributed by atoms with van der Waals surface area (Å²) in [6.45, 7) is 5.44. The molecule has 0 saturated carbocycles. The first kappa shape index (κ1) is 11.4.